The molecule has 0 saturated carbocycles. The summed E-state index contributed by atoms with van der Waals surface area (Å²) in [7, 11) is 0. The van der Waals surface area contributed by atoms with Crippen LogP contribution in [0.25, 0.3) is 10.4 Å². The van der Waals surface area contributed by atoms with Gasteiger partial charge in [0, 0.05) is 4.88 Å². The SMILES string of the molecule is CC(=O)c1cc(C)c(-c2cc(C)cc(C)c2)s1. The van der Waals surface area contributed by atoms with Crippen molar-refractivity contribution in [2.24, 2.45) is 0 Å². The summed E-state index contributed by atoms with van der Waals surface area (Å²) in [6, 6.07) is 8.50. The molecule has 0 spiro atoms. The predicted molar refractivity (Wildman–Crippen MR) is 74.0 cm³/mol. The van der Waals surface area contributed by atoms with Crippen LogP contribution in [0, 0.1) is 20.8 Å². The van der Waals surface area contributed by atoms with E-state index in [1.54, 1.807) is 18.3 Å². The van der Waals surface area contributed by atoms with Gasteiger partial charge >= 0.3 is 0 Å². The number of Topliss-reactive ketones (excluding diaryl/α,β-unsaturated/α-hetero) is 1. The highest BCUT2D eigenvalue weighted by Crippen LogP contribution is 2.33. The Labute approximate surface area is 106 Å². The standard InChI is InChI=1S/C15H16OS/c1-9-5-10(2)7-13(6-9)15-11(3)8-14(17-15)12(4)16/h5-8H,1-4H3. The maximum atomic E-state index is 11.4. The molecule has 0 saturated heterocycles. The Hall–Kier alpha value is -1.41. The molecular formula is C15H16OS. The molecule has 1 aromatic heterocycles. The van der Waals surface area contributed by atoms with E-state index in [1.807, 2.05) is 6.07 Å². The second kappa shape index (κ2) is 4.46. The second-order valence-electron chi connectivity index (χ2n) is 4.56. The zero-order chi connectivity index (χ0) is 12.6. The van der Waals surface area contributed by atoms with Gasteiger partial charge < -0.3 is 0 Å². The topological polar surface area (TPSA) is 17.1 Å². The molecule has 88 valence electrons. The third kappa shape index (κ3) is 2.47. The monoisotopic (exact) mass is 244 g/mol. The number of thiophene rings is 1. The summed E-state index contributed by atoms with van der Waals surface area (Å²) in [5.74, 6) is 0.147. The van der Waals surface area contributed by atoms with Crippen LogP contribution in [-0.2, 0) is 0 Å². The molecule has 0 aliphatic heterocycles. The smallest absolute Gasteiger partial charge is 0.169 e. The van der Waals surface area contributed by atoms with Crippen LogP contribution in [0.2, 0.25) is 0 Å². The summed E-state index contributed by atoms with van der Waals surface area (Å²) in [5, 5.41) is 0. The first-order chi connectivity index (χ1) is 7.97. The summed E-state index contributed by atoms with van der Waals surface area (Å²) in [5.41, 5.74) is 4.93. The Morgan fingerprint density at radius 1 is 1.00 bits per heavy atom. The van der Waals surface area contributed by atoms with E-state index < -0.39 is 0 Å². The number of ketones is 1. The molecule has 2 aromatic rings. The highest BCUT2D eigenvalue weighted by atomic mass is 32.1. The molecule has 1 nitrogen and oxygen atoms in total. The molecule has 0 bridgehead atoms. The van der Waals surface area contributed by atoms with Crippen molar-refractivity contribution in [1.82, 2.24) is 0 Å². The van der Waals surface area contributed by atoms with Gasteiger partial charge in [-0.2, -0.15) is 0 Å². The summed E-state index contributed by atoms with van der Waals surface area (Å²) < 4.78 is 0. The van der Waals surface area contributed by atoms with E-state index in [4.69, 9.17) is 0 Å². The Morgan fingerprint density at radius 2 is 1.59 bits per heavy atom. The van der Waals surface area contributed by atoms with Gasteiger partial charge in [-0.25, -0.2) is 0 Å². The fourth-order valence-corrected chi connectivity index (χ4v) is 3.10. The average molecular weight is 244 g/mol. The van der Waals surface area contributed by atoms with Crippen molar-refractivity contribution < 1.29 is 4.79 Å². The Morgan fingerprint density at radius 3 is 2.06 bits per heavy atom. The number of rotatable bonds is 2. The third-order valence-electron chi connectivity index (χ3n) is 2.75. The number of benzene rings is 1. The molecule has 0 aliphatic carbocycles. The molecule has 2 rings (SSSR count). The van der Waals surface area contributed by atoms with E-state index in [1.165, 1.54) is 27.1 Å². The Bertz CT molecular complexity index is 558. The lowest BCUT2D eigenvalue weighted by Crippen LogP contribution is -1.83. The average Bonchev–Trinajstić information content (AvgIpc) is 2.59. The van der Waals surface area contributed by atoms with E-state index in [0.29, 0.717) is 0 Å². The summed E-state index contributed by atoms with van der Waals surface area (Å²) >= 11 is 1.59. The summed E-state index contributed by atoms with van der Waals surface area (Å²) in [4.78, 5) is 13.4. The van der Waals surface area contributed by atoms with Crippen LogP contribution in [0.1, 0.15) is 33.3 Å². The lowest BCUT2D eigenvalue weighted by Gasteiger charge is -2.03. The molecule has 0 N–H and O–H groups in total. The van der Waals surface area contributed by atoms with E-state index in [9.17, 15) is 4.79 Å². The summed E-state index contributed by atoms with van der Waals surface area (Å²) in [6.07, 6.45) is 0. The van der Waals surface area contributed by atoms with Crippen LogP contribution in [0.15, 0.2) is 24.3 Å². The molecule has 0 amide bonds. The van der Waals surface area contributed by atoms with Crippen molar-refractivity contribution >= 4 is 17.1 Å². The van der Waals surface area contributed by atoms with Crippen LogP contribution in [-0.4, -0.2) is 5.78 Å². The van der Waals surface area contributed by atoms with Crippen LogP contribution in [0.5, 0.6) is 0 Å². The quantitative estimate of drug-likeness (QED) is 0.709. The van der Waals surface area contributed by atoms with Crippen LogP contribution in [0.4, 0.5) is 0 Å². The first-order valence-corrected chi connectivity index (χ1v) is 6.49. The number of aryl methyl sites for hydroxylation is 3. The molecule has 0 radical (unpaired) electrons. The fraction of sp³-hybridized carbons (Fsp3) is 0.267. The number of carbonyl (C=O) groups excluding carboxylic acids is 1. The van der Waals surface area contributed by atoms with Gasteiger partial charge in [-0.15, -0.1) is 11.3 Å². The molecule has 0 fully saturated rings. The fourth-order valence-electron chi connectivity index (χ4n) is 2.05. The van der Waals surface area contributed by atoms with Gasteiger partial charge in [0.05, 0.1) is 4.88 Å². The van der Waals surface area contributed by atoms with Crippen molar-refractivity contribution in [3.63, 3.8) is 0 Å². The minimum absolute atomic E-state index is 0.147. The third-order valence-corrected chi connectivity index (χ3v) is 4.14. The molecule has 1 heterocycles. The highest BCUT2D eigenvalue weighted by molar-refractivity contribution is 7.17. The molecule has 0 atom stereocenters. The summed E-state index contributed by atoms with van der Waals surface area (Å²) in [6.45, 7) is 7.89. The van der Waals surface area contributed by atoms with E-state index in [2.05, 4.69) is 39.0 Å². The predicted octanol–water partition coefficient (Wildman–Crippen LogP) is 4.54. The van der Waals surface area contributed by atoms with Gasteiger partial charge in [0.1, 0.15) is 0 Å². The zero-order valence-electron chi connectivity index (χ0n) is 10.6. The van der Waals surface area contributed by atoms with Crippen molar-refractivity contribution in [3.05, 3.63) is 45.8 Å². The van der Waals surface area contributed by atoms with Gasteiger partial charge in [-0.3, -0.25) is 4.79 Å². The normalized spacial score (nSPS) is 10.6. The van der Waals surface area contributed by atoms with Crippen LogP contribution < -0.4 is 0 Å². The van der Waals surface area contributed by atoms with E-state index in [-0.39, 0.29) is 5.78 Å². The van der Waals surface area contributed by atoms with Crippen molar-refractivity contribution in [3.8, 4) is 10.4 Å². The van der Waals surface area contributed by atoms with E-state index in [0.717, 1.165) is 4.88 Å². The molecule has 2 heteroatoms. The van der Waals surface area contributed by atoms with Crippen LogP contribution >= 0.6 is 11.3 Å². The molecule has 17 heavy (non-hydrogen) atoms. The zero-order valence-corrected chi connectivity index (χ0v) is 11.4. The van der Waals surface area contributed by atoms with Crippen molar-refractivity contribution in [1.29, 1.82) is 0 Å². The maximum Gasteiger partial charge on any atom is 0.169 e. The number of hydrogen-bond donors (Lipinski definition) is 0. The largest absolute Gasteiger partial charge is 0.294 e. The molecular weight excluding hydrogens is 228 g/mol. The van der Waals surface area contributed by atoms with E-state index >= 15 is 0 Å². The first-order valence-electron chi connectivity index (χ1n) is 5.67. The maximum absolute atomic E-state index is 11.4. The molecule has 0 aliphatic rings. The minimum Gasteiger partial charge on any atom is -0.294 e. The van der Waals surface area contributed by atoms with Gasteiger partial charge in [0.15, 0.2) is 5.78 Å². The van der Waals surface area contributed by atoms with Gasteiger partial charge in [0.2, 0.25) is 0 Å². The van der Waals surface area contributed by atoms with Gasteiger partial charge in [0.25, 0.3) is 0 Å². The Balaban J connectivity index is 2.56. The number of carbonyl (C=O) groups is 1. The van der Waals surface area contributed by atoms with Crippen LogP contribution in [0.3, 0.4) is 0 Å². The van der Waals surface area contributed by atoms with Gasteiger partial charge in [-0.1, -0.05) is 29.3 Å². The Kier molecular flexibility index (Phi) is 3.16. The molecule has 1 aromatic carbocycles. The van der Waals surface area contributed by atoms with Crippen molar-refractivity contribution in [2.45, 2.75) is 27.7 Å². The highest BCUT2D eigenvalue weighted by Gasteiger charge is 2.11. The second-order valence-corrected chi connectivity index (χ2v) is 5.61. The first kappa shape index (κ1) is 12.1. The van der Waals surface area contributed by atoms with Gasteiger partial charge in [-0.05, 0) is 44.9 Å². The minimum atomic E-state index is 0.147. The van der Waals surface area contributed by atoms with Crippen molar-refractivity contribution in [2.75, 3.05) is 0 Å². The molecule has 0 unspecified atom stereocenters. The number of hydrogen-bond acceptors (Lipinski definition) is 2. The lowest BCUT2D eigenvalue weighted by atomic mass is 10.0. The lowest BCUT2D eigenvalue weighted by molar-refractivity contribution is 0.102.